The molecule has 0 fully saturated rings. The summed E-state index contributed by atoms with van der Waals surface area (Å²) in [5.74, 6) is 0.661. The number of ether oxygens (including phenoxy) is 2. The Kier molecular flexibility index (Phi) is 3.43. The van der Waals surface area contributed by atoms with Crippen molar-refractivity contribution >= 4 is 5.97 Å². The summed E-state index contributed by atoms with van der Waals surface area (Å²) in [4.78, 5) is 11.0. The van der Waals surface area contributed by atoms with Crippen LogP contribution in [0.5, 0.6) is 11.5 Å². The molecule has 0 radical (unpaired) electrons. The molecule has 0 aliphatic carbocycles. The van der Waals surface area contributed by atoms with Crippen molar-refractivity contribution in [3.05, 3.63) is 22.8 Å². The third kappa shape index (κ3) is 2.53. The van der Waals surface area contributed by atoms with Crippen LogP contribution >= 0.6 is 0 Å². The summed E-state index contributed by atoms with van der Waals surface area (Å²) in [6.45, 7) is 8.89. The number of fused-ring (bicyclic) bond motifs is 1. The van der Waals surface area contributed by atoms with E-state index < -0.39 is 11.4 Å². The lowest BCUT2D eigenvalue weighted by Gasteiger charge is -2.31. The monoisotopic (exact) mass is 264 g/mol. The molecule has 2 rings (SSSR count). The van der Waals surface area contributed by atoms with Gasteiger partial charge in [0, 0.05) is 11.0 Å². The van der Waals surface area contributed by atoms with E-state index in [1.54, 1.807) is 0 Å². The largest absolute Gasteiger partial charge is 0.486 e. The van der Waals surface area contributed by atoms with E-state index in [1.807, 2.05) is 33.8 Å². The van der Waals surface area contributed by atoms with Gasteiger partial charge in [-0.3, -0.25) is 4.79 Å². The topological polar surface area (TPSA) is 55.8 Å². The Morgan fingerprint density at radius 1 is 1.26 bits per heavy atom. The molecule has 1 aliphatic rings. The first-order valence-electron chi connectivity index (χ1n) is 6.45. The summed E-state index contributed by atoms with van der Waals surface area (Å²) in [5.41, 5.74) is 2.57. The predicted molar refractivity (Wildman–Crippen MR) is 72.2 cm³/mol. The van der Waals surface area contributed by atoms with Crippen molar-refractivity contribution in [1.82, 2.24) is 0 Å². The van der Waals surface area contributed by atoms with Crippen LogP contribution < -0.4 is 9.47 Å². The standard InChI is InChI=1S/C15H20O4/c1-9-7-11(15(3,4)8-12(16)17)14-13(10(9)2)18-5-6-19-14/h7H,5-6,8H2,1-4H3,(H,16,17). The van der Waals surface area contributed by atoms with Crippen LogP contribution in [0.2, 0.25) is 0 Å². The summed E-state index contributed by atoms with van der Waals surface area (Å²) in [5, 5.41) is 9.07. The van der Waals surface area contributed by atoms with Crippen LogP contribution in [-0.4, -0.2) is 24.3 Å². The van der Waals surface area contributed by atoms with Crippen LogP contribution in [0.3, 0.4) is 0 Å². The first kappa shape index (κ1) is 13.7. The average molecular weight is 264 g/mol. The van der Waals surface area contributed by atoms with Crippen LogP contribution in [-0.2, 0) is 10.2 Å². The molecule has 0 amide bonds. The highest BCUT2D eigenvalue weighted by Gasteiger charge is 2.32. The maximum atomic E-state index is 11.0. The van der Waals surface area contributed by atoms with E-state index in [9.17, 15) is 4.79 Å². The van der Waals surface area contributed by atoms with Crippen LogP contribution in [0.1, 0.15) is 37.0 Å². The number of aryl methyl sites for hydroxylation is 1. The van der Waals surface area contributed by atoms with E-state index >= 15 is 0 Å². The minimum absolute atomic E-state index is 0.0608. The molecule has 1 aromatic rings. The van der Waals surface area contributed by atoms with Crippen molar-refractivity contribution in [1.29, 1.82) is 0 Å². The van der Waals surface area contributed by atoms with Gasteiger partial charge in [-0.05, 0) is 25.0 Å². The van der Waals surface area contributed by atoms with Crippen molar-refractivity contribution in [3.8, 4) is 11.5 Å². The van der Waals surface area contributed by atoms with E-state index in [4.69, 9.17) is 14.6 Å². The van der Waals surface area contributed by atoms with Gasteiger partial charge >= 0.3 is 5.97 Å². The Balaban J connectivity index is 2.57. The molecule has 1 aliphatic heterocycles. The molecule has 1 heterocycles. The molecule has 0 atom stereocenters. The number of hydrogen-bond donors (Lipinski definition) is 1. The lowest BCUT2D eigenvalue weighted by molar-refractivity contribution is -0.138. The Labute approximate surface area is 113 Å². The summed E-state index contributed by atoms with van der Waals surface area (Å²) in [7, 11) is 0. The predicted octanol–water partition coefficient (Wildman–Crippen LogP) is 2.83. The van der Waals surface area contributed by atoms with Crippen molar-refractivity contribution in [3.63, 3.8) is 0 Å². The molecule has 4 heteroatoms. The maximum absolute atomic E-state index is 11.0. The van der Waals surface area contributed by atoms with Crippen molar-refractivity contribution in [2.75, 3.05) is 13.2 Å². The Bertz CT molecular complexity index is 517. The Morgan fingerprint density at radius 3 is 2.42 bits per heavy atom. The molecule has 1 N–H and O–H groups in total. The van der Waals surface area contributed by atoms with E-state index in [0.717, 1.165) is 22.4 Å². The van der Waals surface area contributed by atoms with Gasteiger partial charge in [-0.2, -0.15) is 0 Å². The van der Waals surface area contributed by atoms with Crippen LogP contribution in [0.15, 0.2) is 6.07 Å². The SMILES string of the molecule is Cc1cc(C(C)(C)CC(=O)O)c2c(c1C)OCCO2. The van der Waals surface area contributed by atoms with Crippen molar-refractivity contribution in [2.24, 2.45) is 0 Å². The molecule has 104 valence electrons. The van der Waals surface area contributed by atoms with Gasteiger partial charge in [0.05, 0.1) is 6.42 Å². The third-order valence-electron chi connectivity index (χ3n) is 3.64. The van der Waals surface area contributed by atoms with E-state index in [2.05, 4.69) is 0 Å². The van der Waals surface area contributed by atoms with Crippen LogP contribution in [0.4, 0.5) is 0 Å². The van der Waals surface area contributed by atoms with Gasteiger partial charge in [-0.25, -0.2) is 0 Å². The van der Waals surface area contributed by atoms with Crippen LogP contribution in [0, 0.1) is 13.8 Å². The second-order valence-corrected chi connectivity index (χ2v) is 5.68. The van der Waals surface area contributed by atoms with E-state index in [0.29, 0.717) is 19.0 Å². The fourth-order valence-electron chi connectivity index (χ4n) is 2.44. The van der Waals surface area contributed by atoms with Gasteiger partial charge in [0.25, 0.3) is 0 Å². The summed E-state index contributed by atoms with van der Waals surface area (Å²) in [6, 6.07) is 2.02. The summed E-state index contributed by atoms with van der Waals surface area (Å²) < 4.78 is 11.4. The highest BCUT2D eigenvalue weighted by molar-refractivity contribution is 5.70. The zero-order valence-corrected chi connectivity index (χ0v) is 11.9. The zero-order valence-electron chi connectivity index (χ0n) is 11.9. The Morgan fingerprint density at radius 2 is 1.84 bits per heavy atom. The smallest absolute Gasteiger partial charge is 0.304 e. The van der Waals surface area contributed by atoms with Gasteiger partial charge in [-0.15, -0.1) is 0 Å². The molecule has 0 saturated carbocycles. The van der Waals surface area contributed by atoms with Crippen LogP contribution in [0.25, 0.3) is 0 Å². The molecular weight excluding hydrogens is 244 g/mol. The molecule has 0 aromatic heterocycles. The van der Waals surface area contributed by atoms with Gasteiger partial charge in [0.1, 0.15) is 13.2 Å². The lowest BCUT2D eigenvalue weighted by Crippen LogP contribution is -2.26. The number of carboxylic acid groups (broad SMARTS) is 1. The number of aliphatic carboxylic acids is 1. The average Bonchev–Trinajstić information content (AvgIpc) is 2.32. The zero-order chi connectivity index (χ0) is 14.2. The molecule has 19 heavy (non-hydrogen) atoms. The first-order valence-corrected chi connectivity index (χ1v) is 6.45. The molecule has 0 bridgehead atoms. The van der Waals surface area contributed by atoms with Crippen molar-refractivity contribution < 1.29 is 19.4 Å². The third-order valence-corrected chi connectivity index (χ3v) is 3.64. The Hall–Kier alpha value is -1.71. The van der Waals surface area contributed by atoms with Gasteiger partial charge in [0.15, 0.2) is 11.5 Å². The second kappa shape index (κ2) is 4.76. The highest BCUT2D eigenvalue weighted by Crippen LogP contribution is 2.44. The summed E-state index contributed by atoms with van der Waals surface area (Å²) >= 11 is 0. The van der Waals surface area contributed by atoms with Gasteiger partial charge in [0.2, 0.25) is 0 Å². The highest BCUT2D eigenvalue weighted by atomic mass is 16.6. The fraction of sp³-hybridized carbons (Fsp3) is 0.533. The van der Waals surface area contributed by atoms with Gasteiger partial charge < -0.3 is 14.6 Å². The second-order valence-electron chi connectivity index (χ2n) is 5.68. The molecule has 0 unspecified atom stereocenters. The number of carbonyl (C=O) groups is 1. The quantitative estimate of drug-likeness (QED) is 0.912. The fourth-order valence-corrected chi connectivity index (χ4v) is 2.44. The van der Waals surface area contributed by atoms with E-state index in [-0.39, 0.29) is 6.42 Å². The normalized spacial score (nSPS) is 14.3. The minimum Gasteiger partial charge on any atom is -0.486 e. The summed E-state index contributed by atoms with van der Waals surface area (Å²) in [6.07, 6.45) is 0.0608. The van der Waals surface area contributed by atoms with E-state index in [1.165, 1.54) is 0 Å². The molecular formula is C15H20O4. The van der Waals surface area contributed by atoms with Crippen molar-refractivity contribution in [2.45, 2.75) is 39.5 Å². The molecule has 4 nitrogen and oxygen atoms in total. The molecule has 0 spiro atoms. The maximum Gasteiger partial charge on any atom is 0.304 e. The first-order chi connectivity index (χ1) is 8.83. The number of hydrogen-bond acceptors (Lipinski definition) is 3. The number of benzene rings is 1. The number of carboxylic acids is 1. The number of rotatable bonds is 3. The minimum atomic E-state index is -0.811. The molecule has 1 aromatic carbocycles. The van der Waals surface area contributed by atoms with Gasteiger partial charge in [-0.1, -0.05) is 19.9 Å². The molecule has 0 saturated heterocycles. The lowest BCUT2D eigenvalue weighted by atomic mass is 9.79.